The summed E-state index contributed by atoms with van der Waals surface area (Å²) in [6.45, 7) is 5.49. The number of nitrogens with one attached hydrogen (secondary N) is 1. The zero-order valence-corrected chi connectivity index (χ0v) is 11.0. The predicted molar refractivity (Wildman–Crippen MR) is 68.0 cm³/mol. The maximum Gasteiger partial charge on any atom is 0.0560 e. The van der Waals surface area contributed by atoms with Gasteiger partial charge < -0.3 is 5.32 Å². The lowest BCUT2D eigenvalue weighted by molar-refractivity contribution is 0.490. The van der Waals surface area contributed by atoms with Gasteiger partial charge in [-0.1, -0.05) is 13.8 Å². The van der Waals surface area contributed by atoms with Crippen molar-refractivity contribution in [2.75, 3.05) is 6.54 Å². The molecule has 2 nitrogen and oxygen atoms in total. The van der Waals surface area contributed by atoms with Crippen LogP contribution in [-0.2, 0) is 6.42 Å². The molecule has 0 saturated heterocycles. The van der Waals surface area contributed by atoms with Gasteiger partial charge in [0.05, 0.1) is 5.69 Å². The van der Waals surface area contributed by atoms with Gasteiger partial charge in [0.15, 0.2) is 0 Å². The molecule has 3 heteroatoms. The molecule has 0 saturated carbocycles. The number of pyridine rings is 1. The summed E-state index contributed by atoms with van der Waals surface area (Å²) in [5.74, 6) is 0. The minimum atomic E-state index is 0.538. The second-order valence-corrected chi connectivity index (χ2v) is 4.55. The van der Waals surface area contributed by atoms with Crippen LogP contribution in [0.1, 0.15) is 32.4 Å². The number of nitrogens with zero attached hydrogens (tertiary/aromatic N) is 1. The molecule has 1 unspecified atom stereocenters. The Kier molecular flexibility index (Phi) is 5.88. The fourth-order valence-corrected chi connectivity index (χ4v) is 1.93. The van der Waals surface area contributed by atoms with Gasteiger partial charge in [-0.25, -0.2) is 0 Å². The number of hydrogen-bond acceptors (Lipinski definition) is 2. The Bertz CT molecular complexity index is 289. The average molecular weight is 271 g/mol. The summed E-state index contributed by atoms with van der Waals surface area (Å²) in [4.78, 5) is 4.39. The Morgan fingerprint density at radius 3 is 2.87 bits per heavy atom. The molecule has 0 radical (unpaired) electrons. The standard InChI is InChI=1S/C12H19BrN2/c1-3-7-14-10(4-2)9-12-11(13)6-5-8-15-12/h5-6,8,10,14H,3-4,7,9H2,1-2H3. The molecule has 0 spiro atoms. The first-order chi connectivity index (χ1) is 7.27. The lowest BCUT2D eigenvalue weighted by Gasteiger charge is -2.16. The van der Waals surface area contributed by atoms with E-state index >= 15 is 0 Å². The van der Waals surface area contributed by atoms with Crippen molar-refractivity contribution < 1.29 is 0 Å². The molecule has 0 aromatic carbocycles. The minimum Gasteiger partial charge on any atom is -0.314 e. The van der Waals surface area contributed by atoms with Gasteiger partial charge >= 0.3 is 0 Å². The monoisotopic (exact) mass is 270 g/mol. The van der Waals surface area contributed by atoms with Gasteiger partial charge in [-0.05, 0) is 47.4 Å². The molecule has 0 aliphatic heterocycles. The van der Waals surface area contributed by atoms with Gasteiger partial charge in [-0.15, -0.1) is 0 Å². The summed E-state index contributed by atoms with van der Waals surface area (Å²) in [6.07, 6.45) is 5.17. The van der Waals surface area contributed by atoms with E-state index in [1.165, 1.54) is 6.42 Å². The van der Waals surface area contributed by atoms with E-state index in [1.807, 2.05) is 12.3 Å². The fourth-order valence-electron chi connectivity index (χ4n) is 1.51. The van der Waals surface area contributed by atoms with E-state index in [0.717, 1.165) is 29.6 Å². The molecule has 0 aliphatic rings. The summed E-state index contributed by atoms with van der Waals surface area (Å²) < 4.78 is 1.11. The van der Waals surface area contributed by atoms with E-state index in [2.05, 4.69) is 46.1 Å². The fraction of sp³-hybridized carbons (Fsp3) is 0.583. The summed E-state index contributed by atoms with van der Waals surface area (Å²) in [6, 6.07) is 4.54. The van der Waals surface area contributed by atoms with E-state index in [0.29, 0.717) is 6.04 Å². The van der Waals surface area contributed by atoms with Gasteiger partial charge in [-0.2, -0.15) is 0 Å². The second-order valence-electron chi connectivity index (χ2n) is 3.70. The van der Waals surface area contributed by atoms with Crippen LogP contribution < -0.4 is 5.32 Å². The van der Waals surface area contributed by atoms with Crippen molar-refractivity contribution in [2.24, 2.45) is 0 Å². The minimum absolute atomic E-state index is 0.538. The Labute approximate surface area is 101 Å². The average Bonchev–Trinajstić information content (AvgIpc) is 2.26. The number of rotatable bonds is 6. The SMILES string of the molecule is CCCNC(CC)Cc1ncccc1Br. The predicted octanol–water partition coefficient (Wildman–Crippen LogP) is 3.16. The summed E-state index contributed by atoms with van der Waals surface area (Å²) in [5, 5.41) is 3.53. The molecule has 1 N–H and O–H groups in total. The normalized spacial score (nSPS) is 12.7. The third kappa shape index (κ3) is 4.31. The molecule has 0 bridgehead atoms. The Hall–Kier alpha value is -0.410. The van der Waals surface area contributed by atoms with Crippen LogP contribution in [-0.4, -0.2) is 17.6 Å². The number of halogens is 1. The lowest BCUT2D eigenvalue weighted by Crippen LogP contribution is -2.31. The first-order valence-corrected chi connectivity index (χ1v) is 6.40. The molecule has 0 aliphatic carbocycles. The van der Waals surface area contributed by atoms with Gasteiger partial charge in [0.1, 0.15) is 0 Å². The molecule has 1 aromatic heterocycles. The van der Waals surface area contributed by atoms with Crippen molar-refractivity contribution in [1.29, 1.82) is 0 Å². The van der Waals surface area contributed by atoms with E-state index < -0.39 is 0 Å². The van der Waals surface area contributed by atoms with Crippen molar-refractivity contribution in [1.82, 2.24) is 10.3 Å². The zero-order chi connectivity index (χ0) is 11.1. The highest BCUT2D eigenvalue weighted by molar-refractivity contribution is 9.10. The van der Waals surface area contributed by atoms with Gasteiger partial charge in [-0.3, -0.25) is 4.98 Å². The Balaban J connectivity index is 2.54. The Morgan fingerprint density at radius 2 is 2.27 bits per heavy atom. The van der Waals surface area contributed by atoms with Crippen LogP contribution in [0.25, 0.3) is 0 Å². The molecular weight excluding hydrogens is 252 g/mol. The van der Waals surface area contributed by atoms with Crippen molar-refractivity contribution in [2.45, 2.75) is 39.2 Å². The topological polar surface area (TPSA) is 24.9 Å². The van der Waals surface area contributed by atoms with Crippen LogP contribution in [0.5, 0.6) is 0 Å². The van der Waals surface area contributed by atoms with Crippen molar-refractivity contribution in [3.05, 3.63) is 28.5 Å². The molecule has 1 heterocycles. The third-order valence-corrected chi connectivity index (χ3v) is 3.17. The number of aromatic nitrogens is 1. The second kappa shape index (κ2) is 6.96. The highest BCUT2D eigenvalue weighted by Crippen LogP contribution is 2.15. The van der Waals surface area contributed by atoms with Gasteiger partial charge in [0.25, 0.3) is 0 Å². The van der Waals surface area contributed by atoms with Crippen molar-refractivity contribution in [3.8, 4) is 0 Å². The summed E-state index contributed by atoms with van der Waals surface area (Å²) in [7, 11) is 0. The number of hydrogen-bond donors (Lipinski definition) is 1. The van der Waals surface area contributed by atoms with Gasteiger partial charge in [0, 0.05) is 23.1 Å². The van der Waals surface area contributed by atoms with Crippen LogP contribution in [0, 0.1) is 0 Å². The van der Waals surface area contributed by atoms with Crippen LogP contribution >= 0.6 is 15.9 Å². The summed E-state index contributed by atoms with van der Waals surface area (Å²) in [5.41, 5.74) is 1.15. The molecule has 1 atom stereocenters. The first-order valence-electron chi connectivity index (χ1n) is 5.60. The quantitative estimate of drug-likeness (QED) is 0.859. The van der Waals surface area contributed by atoms with E-state index in [4.69, 9.17) is 0 Å². The third-order valence-electron chi connectivity index (χ3n) is 2.45. The molecule has 0 amide bonds. The molecule has 0 fully saturated rings. The van der Waals surface area contributed by atoms with Crippen molar-refractivity contribution in [3.63, 3.8) is 0 Å². The van der Waals surface area contributed by atoms with Crippen LogP contribution in [0.2, 0.25) is 0 Å². The van der Waals surface area contributed by atoms with E-state index in [1.54, 1.807) is 0 Å². The van der Waals surface area contributed by atoms with Crippen LogP contribution in [0.3, 0.4) is 0 Å². The smallest absolute Gasteiger partial charge is 0.0560 e. The largest absolute Gasteiger partial charge is 0.314 e. The van der Waals surface area contributed by atoms with E-state index in [-0.39, 0.29) is 0 Å². The zero-order valence-electron chi connectivity index (χ0n) is 9.46. The summed E-state index contributed by atoms with van der Waals surface area (Å²) >= 11 is 3.53. The van der Waals surface area contributed by atoms with Crippen molar-refractivity contribution >= 4 is 15.9 Å². The van der Waals surface area contributed by atoms with Gasteiger partial charge in [0.2, 0.25) is 0 Å². The molecule has 84 valence electrons. The van der Waals surface area contributed by atoms with Crippen LogP contribution in [0.4, 0.5) is 0 Å². The first kappa shape index (κ1) is 12.7. The molecule has 1 aromatic rings. The highest BCUT2D eigenvalue weighted by atomic mass is 79.9. The van der Waals surface area contributed by atoms with E-state index in [9.17, 15) is 0 Å². The molecule has 1 rings (SSSR count). The maximum atomic E-state index is 4.39. The molecule has 15 heavy (non-hydrogen) atoms. The lowest BCUT2D eigenvalue weighted by atomic mass is 10.1. The maximum absolute atomic E-state index is 4.39. The highest BCUT2D eigenvalue weighted by Gasteiger charge is 2.09. The Morgan fingerprint density at radius 1 is 1.47 bits per heavy atom. The van der Waals surface area contributed by atoms with Crippen LogP contribution in [0.15, 0.2) is 22.8 Å². The molecular formula is C12H19BrN2.